The maximum atomic E-state index is 12.0. The van der Waals surface area contributed by atoms with Gasteiger partial charge >= 0.3 is 0 Å². The second kappa shape index (κ2) is 5.84. The lowest BCUT2D eigenvalue weighted by Crippen LogP contribution is -2.39. The number of nitrogen functional groups attached to an aromatic ring is 1. The van der Waals surface area contributed by atoms with Crippen molar-refractivity contribution in [3.63, 3.8) is 0 Å². The molecule has 0 saturated carbocycles. The van der Waals surface area contributed by atoms with Crippen molar-refractivity contribution in [1.29, 1.82) is 0 Å². The summed E-state index contributed by atoms with van der Waals surface area (Å²) in [6, 6.07) is 5.32. The molecule has 98 valence electrons. The van der Waals surface area contributed by atoms with Crippen LogP contribution in [0.2, 0.25) is 0 Å². The van der Waals surface area contributed by atoms with E-state index in [9.17, 15) is 4.79 Å². The highest BCUT2D eigenvalue weighted by atomic mass is 16.6. The number of carbonyl (C=O) groups excluding carboxylic acids is 1. The van der Waals surface area contributed by atoms with E-state index >= 15 is 0 Å². The Balaban J connectivity index is 1.93. The molecular weight excluding hydrogens is 232 g/mol. The molecule has 1 unspecified atom stereocenters. The Hall–Kier alpha value is -1.59. The van der Waals surface area contributed by atoms with Crippen molar-refractivity contribution in [2.24, 2.45) is 0 Å². The molecule has 5 nitrogen and oxygen atoms in total. The van der Waals surface area contributed by atoms with Crippen LogP contribution < -0.4 is 11.1 Å². The summed E-state index contributed by atoms with van der Waals surface area (Å²) in [7, 11) is 0. The molecule has 1 aromatic rings. The molecule has 1 heterocycles. The number of anilines is 1. The van der Waals surface area contributed by atoms with Gasteiger partial charge in [-0.1, -0.05) is 6.07 Å². The van der Waals surface area contributed by atoms with Gasteiger partial charge in [0.15, 0.2) is 0 Å². The van der Waals surface area contributed by atoms with Crippen molar-refractivity contribution >= 4 is 11.6 Å². The first-order valence-electron chi connectivity index (χ1n) is 6.01. The normalized spacial score (nSPS) is 19.5. The fourth-order valence-electron chi connectivity index (χ4n) is 1.86. The average Bonchev–Trinajstić information content (AvgIpc) is 2.40. The van der Waals surface area contributed by atoms with E-state index in [4.69, 9.17) is 15.2 Å². The van der Waals surface area contributed by atoms with Crippen LogP contribution in [0.3, 0.4) is 0 Å². The van der Waals surface area contributed by atoms with Gasteiger partial charge in [0.2, 0.25) is 0 Å². The van der Waals surface area contributed by atoms with Gasteiger partial charge in [0, 0.05) is 17.8 Å². The number of nitrogens with two attached hydrogens (primary N) is 1. The van der Waals surface area contributed by atoms with Crippen molar-refractivity contribution in [3.05, 3.63) is 29.3 Å². The van der Waals surface area contributed by atoms with E-state index in [1.165, 1.54) is 0 Å². The topological polar surface area (TPSA) is 73.6 Å². The van der Waals surface area contributed by atoms with Crippen LogP contribution in [0.5, 0.6) is 0 Å². The van der Waals surface area contributed by atoms with Gasteiger partial charge in [0.1, 0.15) is 0 Å². The number of rotatable bonds is 3. The van der Waals surface area contributed by atoms with Crippen LogP contribution in [-0.4, -0.2) is 38.4 Å². The minimum atomic E-state index is -0.131. The van der Waals surface area contributed by atoms with E-state index in [2.05, 4.69) is 5.32 Å². The molecule has 1 atom stereocenters. The monoisotopic (exact) mass is 250 g/mol. The van der Waals surface area contributed by atoms with Gasteiger partial charge in [-0.25, -0.2) is 0 Å². The molecule has 0 bridgehead atoms. The number of ether oxygens (including phenoxy) is 2. The van der Waals surface area contributed by atoms with E-state index in [0.29, 0.717) is 37.6 Å². The molecule has 0 spiro atoms. The van der Waals surface area contributed by atoms with Crippen LogP contribution in [0.25, 0.3) is 0 Å². The number of carbonyl (C=O) groups is 1. The fourth-order valence-corrected chi connectivity index (χ4v) is 1.86. The first kappa shape index (κ1) is 12.9. The molecule has 1 fully saturated rings. The van der Waals surface area contributed by atoms with Crippen molar-refractivity contribution in [1.82, 2.24) is 5.32 Å². The number of nitrogens with one attached hydrogen (secondary N) is 1. The van der Waals surface area contributed by atoms with Gasteiger partial charge in [-0.15, -0.1) is 0 Å². The third kappa shape index (κ3) is 3.00. The molecule has 18 heavy (non-hydrogen) atoms. The molecule has 5 heteroatoms. The van der Waals surface area contributed by atoms with Crippen LogP contribution in [0, 0.1) is 6.92 Å². The molecule has 1 amide bonds. The highest BCUT2D eigenvalue weighted by Gasteiger charge is 2.16. The van der Waals surface area contributed by atoms with Gasteiger partial charge in [-0.2, -0.15) is 0 Å². The van der Waals surface area contributed by atoms with Gasteiger partial charge in [-0.3, -0.25) is 4.79 Å². The first-order valence-corrected chi connectivity index (χ1v) is 6.01. The van der Waals surface area contributed by atoms with Crippen molar-refractivity contribution in [2.45, 2.75) is 13.0 Å². The minimum Gasteiger partial charge on any atom is -0.398 e. The summed E-state index contributed by atoms with van der Waals surface area (Å²) in [4.78, 5) is 12.0. The van der Waals surface area contributed by atoms with E-state index in [1.807, 2.05) is 6.92 Å². The third-order valence-corrected chi connectivity index (χ3v) is 3.00. The maximum Gasteiger partial charge on any atom is 0.251 e. The van der Waals surface area contributed by atoms with Crippen LogP contribution >= 0.6 is 0 Å². The SMILES string of the molecule is Cc1c(N)cccc1C(=O)NCC1COCCO1. The largest absolute Gasteiger partial charge is 0.398 e. The molecular formula is C13H18N2O3. The fraction of sp³-hybridized carbons (Fsp3) is 0.462. The summed E-state index contributed by atoms with van der Waals surface area (Å²) in [6.45, 7) is 4.02. The predicted molar refractivity (Wildman–Crippen MR) is 68.5 cm³/mol. The van der Waals surface area contributed by atoms with E-state index in [0.717, 1.165) is 5.56 Å². The van der Waals surface area contributed by atoms with Crippen LogP contribution in [0.15, 0.2) is 18.2 Å². The van der Waals surface area contributed by atoms with E-state index < -0.39 is 0 Å². The van der Waals surface area contributed by atoms with E-state index in [1.54, 1.807) is 18.2 Å². The highest BCUT2D eigenvalue weighted by molar-refractivity contribution is 5.96. The van der Waals surface area contributed by atoms with Crippen molar-refractivity contribution in [3.8, 4) is 0 Å². The molecule has 2 rings (SSSR count). The number of hydrogen-bond donors (Lipinski definition) is 2. The van der Waals surface area contributed by atoms with Crippen molar-refractivity contribution < 1.29 is 14.3 Å². The average molecular weight is 250 g/mol. The van der Waals surface area contributed by atoms with Gasteiger partial charge in [0.05, 0.1) is 25.9 Å². The lowest BCUT2D eigenvalue weighted by Gasteiger charge is -2.23. The second-order valence-electron chi connectivity index (χ2n) is 4.30. The van der Waals surface area contributed by atoms with Crippen LogP contribution in [0.4, 0.5) is 5.69 Å². The summed E-state index contributed by atoms with van der Waals surface area (Å²) in [5, 5.41) is 2.84. The van der Waals surface area contributed by atoms with Gasteiger partial charge < -0.3 is 20.5 Å². The highest BCUT2D eigenvalue weighted by Crippen LogP contribution is 2.15. The second-order valence-corrected chi connectivity index (χ2v) is 4.30. The zero-order chi connectivity index (χ0) is 13.0. The molecule has 0 aromatic heterocycles. The number of benzene rings is 1. The van der Waals surface area contributed by atoms with Crippen LogP contribution in [0.1, 0.15) is 15.9 Å². The molecule has 1 aliphatic rings. The molecule has 1 aromatic carbocycles. The lowest BCUT2D eigenvalue weighted by molar-refractivity contribution is -0.0855. The minimum absolute atomic E-state index is 0.0657. The number of hydrogen-bond acceptors (Lipinski definition) is 4. The molecule has 3 N–H and O–H groups in total. The van der Waals surface area contributed by atoms with Crippen molar-refractivity contribution in [2.75, 3.05) is 32.1 Å². The number of amides is 1. The van der Waals surface area contributed by atoms with Gasteiger partial charge in [0.25, 0.3) is 5.91 Å². The zero-order valence-corrected chi connectivity index (χ0v) is 10.4. The molecule has 1 saturated heterocycles. The Morgan fingerprint density at radius 1 is 1.50 bits per heavy atom. The molecule has 0 aliphatic carbocycles. The summed E-state index contributed by atoms with van der Waals surface area (Å²) >= 11 is 0. The van der Waals surface area contributed by atoms with Gasteiger partial charge in [-0.05, 0) is 24.6 Å². The Bertz CT molecular complexity index is 428. The van der Waals surface area contributed by atoms with E-state index in [-0.39, 0.29) is 12.0 Å². The Morgan fingerprint density at radius 3 is 3.06 bits per heavy atom. The summed E-state index contributed by atoms with van der Waals surface area (Å²) in [6.07, 6.45) is -0.0657. The predicted octanol–water partition coefficient (Wildman–Crippen LogP) is 0.722. The summed E-state index contributed by atoms with van der Waals surface area (Å²) < 4.78 is 10.7. The first-order chi connectivity index (χ1) is 8.68. The smallest absolute Gasteiger partial charge is 0.251 e. The summed E-state index contributed by atoms with van der Waals surface area (Å²) in [5.41, 5.74) is 7.80. The molecule has 1 aliphatic heterocycles. The lowest BCUT2D eigenvalue weighted by atomic mass is 10.1. The Kier molecular flexibility index (Phi) is 4.17. The molecule has 0 radical (unpaired) electrons. The Morgan fingerprint density at radius 2 is 2.33 bits per heavy atom. The zero-order valence-electron chi connectivity index (χ0n) is 10.4. The third-order valence-electron chi connectivity index (χ3n) is 3.00. The Labute approximate surface area is 106 Å². The quantitative estimate of drug-likeness (QED) is 0.775. The summed E-state index contributed by atoms with van der Waals surface area (Å²) in [5.74, 6) is -0.131. The standard InChI is InChI=1S/C13H18N2O3/c1-9-11(3-2-4-12(9)14)13(16)15-7-10-8-17-5-6-18-10/h2-4,10H,5-8,14H2,1H3,(H,15,16). The van der Waals surface area contributed by atoms with Crippen LogP contribution in [-0.2, 0) is 9.47 Å². The maximum absolute atomic E-state index is 12.0.